The van der Waals surface area contributed by atoms with Gasteiger partial charge in [-0.2, -0.15) is 0 Å². The zero-order valence-electron chi connectivity index (χ0n) is 11.0. The van der Waals surface area contributed by atoms with Crippen molar-refractivity contribution in [1.29, 1.82) is 0 Å². The Kier molecular flexibility index (Phi) is 5.24. The number of rotatable bonds is 2. The lowest BCUT2D eigenvalue weighted by Crippen LogP contribution is -2.44. The Morgan fingerprint density at radius 2 is 1.77 bits per heavy atom. The second-order valence-corrected chi connectivity index (χ2v) is 4.96. The molecule has 0 heterocycles. The summed E-state index contributed by atoms with van der Waals surface area (Å²) < 4.78 is 26.4. The van der Waals surface area contributed by atoms with E-state index in [0.29, 0.717) is 5.69 Å². The second-order valence-electron chi connectivity index (χ2n) is 4.14. The van der Waals surface area contributed by atoms with Crippen molar-refractivity contribution in [3.63, 3.8) is 0 Å². The molecular formula is C14H10ClF2N3OS. The predicted octanol–water partition coefficient (Wildman–Crippen LogP) is 3.25. The van der Waals surface area contributed by atoms with Gasteiger partial charge in [0.05, 0.1) is 10.6 Å². The minimum Gasteiger partial charge on any atom is -0.331 e. The van der Waals surface area contributed by atoms with E-state index >= 15 is 0 Å². The fourth-order valence-electron chi connectivity index (χ4n) is 1.56. The number of carbonyl (C=O) groups excluding carboxylic acids is 1. The lowest BCUT2D eigenvalue weighted by molar-refractivity contribution is 0.0940. The van der Waals surface area contributed by atoms with Crippen molar-refractivity contribution in [3.8, 4) is 0 Å². The minimum atomic E-state index is -0.681. The Balaban J connectivity index is 1.91. The average molecular weight is 342 g/mol. The van der Waals surface area contributed by atoms with E-state index < -0.39 is 17.5 Å². The lowest BCUT2D eigenvalue weighted by Gasteiger charge is -2.12. The van der Waals surface area contributed by atoms with Gasteiger partial charge in [0, 0.05) is 5.69 Å². The predicted molar refractivity (Wildman–Crippen MR) is 84.6 cm³/mol. The van der Waals surface area contributed by atoms with Crippen molar-refractivity contribution < 1.29 is 13.6 Å². The minimum absolute atomic E-state index is 0.0346. The SMILES string of the molecule is O=C(NNC(=S)Nc1ccc(F)c(Cl)c1)c1ccccc1F. The molecule has 0 aliphatic carbocycles. The largest absolute Gasteiger partial charge is 0.331 e. The molecule has 0 spiro atoms. The maximum absolute atomic E-state index is 13.4. The number of hydrazine groups is 1. The third kappa shape index (κ3) is 4.12. The van der Waals surface area contributed by atoms with Crippen LogP contribution < -0.4 is 16.2 Å². The molecule has 0 saturated carbocycles. The molecule has 3 N–H and O–H groups in total. The third-order valence-electron chi connectivity index (χ3n) is 2.59. The van der Waals surface area contributed by atoms with Crippen molar-refractivity contribution >= 4 is 40.5 Å². The van der Waals surface area contributed by atoms with E-state index in [2.05, 4.69) is 16.2 Å². The Hall–Kier alpha value is -2.25. The van der Waals surface area contributed by atoms with E-state index in [-0.39, 0.29) is 15.7 Å². The van der Waals surface area contributed by atoms with Gasteiger partial charge in [-0.1, -0.05) is 23.7 Å². The normalized spacial score (nSPS) is 9.95. The molecule has 0 atom stereocenters. The van der Waals surface area contributed by atoms with Gasteiger partial charge in [-0.15, -0.1) is 0 Å². The van der Waals surface area contributed by atoms with E-state index in [0.717, 1.165) is 0 Å². The Morgan fingerprint density at radius 1 is 1.05 bits per heavy atom. The van der Waals surface area contributed by atoms with Crippen molar-refractivity contribution in [3.05, 3.63) is 64.7 Å². The van der Waals surface area contributed by atoms with Crippen LogP contribution in [0.4, 0.5) is 14.5 Å². The van der Waals surface area contributed by atoms with Crippen LogP contribution in [0.5, 0.6) is 0 Å². The van der Waals surface area contributed by atoms with E-state index in [9.17, 15) is 13.6 Å². The van der Waals surface area contributed by atoms with E-state index in [1.54, 1.807) is 0 Å². The quantitative estimate of drug-likeness (QED) is 0.580. The highest BCUT2D eigenvalue weighted by Gasteiger charge is 2.10. The smallest absolute Gasteiger partial charge is 0.272 e. The van der Waals surface area contributed by atoms with Crippen LogP contribution in [-0.4, -0.2) is 11.0 Å². The molecule has 0 bridgehead atoms. The van der Waals surface area contributed by atoms with Gasteiger partial charge in [0.2, 0.25) is 0 Å². The molecule has 2 rings (SSSR count). The molecule has 4 nitrogen and oxygen atoms in total. The molecule has 0 aromatic heterocycles. The number of hydrogen-bond acceptors (Lipinski definition) is 2. The van der Waals surface area contributed by atoms with Gasteiger partial charge < -0.3 is 5.32 Å². The summed E-state index contributed by atoms with van der Waals surface area (Å²) in [6, 6.07) is 9.45. The standard InChI is InChI=1S/C14H10ClF2N3OS/c15-10-7-8(5-6-12(10)17)18-14(22)20-19-13(21)9-3-1-2-4-11(9)16/h1-7H,(H,19,21)(H2,18,20,22). The molecule has 2 aromatic rings. The number of benzene rings is 2. The first-order valence-corrected chi connectivity index (χ1v) is 6.83. The van der Waals surface area contributed by atoms with Gasteiger partial charge in [0.15, 0.2) is 5.11 Å². The maximum atomic E-state index is 13.4. The summed E-state index contributed by atoms with van der Waals surface area (Å²) in [7, 11) is 0. The molecule has 114 valence electrons. The van der Waals surface area contributed by atoms with Crippen LogP contribution in [0, 0.1) is 11.6 Å². The van der Waals surface area contributed by atoms with Gasteiger partial charge in [0.1, 0.15) is 11.6 Å². The Labute approximate surface area is 135 Å². The number of halogens is 3. The van der Waals surface area contributed by atoms with Crippen LogP contribution >= 0.6 is 23.8 Å². The molecule has 2 aromatic carbocycles. The molecule has 0 saturated heterocycles. The fourth-order valence-corrected chi connectivity index (χ4v) is 1.91. The summed E-state index contributed by atoms with van der Waals surface area (Å²) in [5.41, 5.74) is 4.97. The van der Waals surface area contributed by atoms with Crippen LogP contribution in [0.15, 0.2) is 42.5 Å². The topological polar surface area (TPSA) is 53.2 Å². The van der Waals surface area contributed by atoms with Gasteiger partial charge in [-0.05, 0) is 42.5 Å². The Morgan fingerprint density at radius 3 is 2.45 bits per heavy atom. The van der Waals surface area contributed by atoms with Crippen LogP contribution in [0.1, 0.15) is 10.4 Å². The third-order valence-corrected chi connectivity index (χ3v) is 3.08. The molecule has 0 radical (unpaired) electrons. The summed E-state index contributed by atoms with van der Waals surface area (Å²) in [4.78, 5) is 11.7. The monoisotopic (exact) mass is 341 g/mol. The summed E-state index contributed by atoms with van der Waals surface area (Å²) in [6.07, 6.45) is 0. The highest BCUT2D eigenvalue weighted by Crippen LogP contribution is 2.19. The van der Waals surface area contributed by atoms with Crippen LogP contribution in [0.25, 0.3) is 0 Å². The molecule has 22 heavy (non-hydrogen) atoms. The first kappa shape index (κ1) is 16.1. The second kappa shape index (κ2) is 7.15. The van der Waals surface area contributed by atoms with E-state index in [4.69, 9.17) is 23.8 Å². The Bertz CT molecular complexity index is 727. The number of anilines is 1. The first-order valence-electron chi connectivity index (χ1n) is 6.04. The molecule has 8 heteroatoms. The van der Waals surface area contributed by atoms with E-state index in [1.807, 2.05) is 0 Å². The van der Waals surface area contributed by atoms with Gasteiger partial charge >= 0.3 is 0 Å². The lowest BCUT2D eigenvalue weighted by atomic mass is 10.2. The van der Waals surface area contributed by atoms with Gasteiger partial charge in [-0.25, -0.2) is 8.78 Å². The number of nitrogens with one attached hydrogen (secondary N) is 3. The van der Waals surface area contributed by atoms with Crippen LogP contribution in [0.2, 0.25) is 5.02 Å². The molecular weight excluding hydrogens is 332 g/mol. The van der Waals surface area contributed by atoms with Crippen molar-refractivity contribution in [2.45, 2.75) is 0 Å². The van der Waals surface area contributed by atoms with Crippen molar-refractivity contribution in [2.75, 3.05) is 5.32 Å². The van der Waals surface area contributed by atoms with Crippen molar-refractivity contribution in [1.82, 2.24) is 10.9 Å². The maximum Gasteiger partial charge on any atom is 0.272 e. The van der Waals surface area contributed by atoms with E-state index in [1.165, 1.54) is 42.5 Å². The van der Waals surface area contributed by atoms with Gasteiger partial charge in [0.25, 0.3) is 5.91 Å². The molecule has 1 amide bonds. The zero-order chi connectivity index (χ0) is 16.1. The molecule has 0 fully saturated rings. The molecule has 0 aliphatic heterocycles. The zero-order valence-corrected chi connectivity index (χ0v) is 12.6. The van der Waals surface area contributed by atoms with Crippen LogP contribution in [-0.2, 0) is 0 Å². The number of hydrogen-bond donors (Lipinski definition) is 3. The summed E-state index contributed by atoms with van der Waals surface area (Å²) in [5.74, 6) is -1.88. The summed E-state index contributed by atoms with van der Waals surface area (Å²) in [5, 5.41) is 2.66. The van der Waals surface area contributed by atoms with Crippen LogP contribution in [0.3, 0.4) is 0 Å². The van der Waals surface area contributed by atoms with Crippen molar-refractivity contribution in [2.24, 2.45) is 0 Å². The van der Waals surface area contributed by atoms with Gasteiger partial charge in [-0.3, -0.25) is 15.6 Å². The number of amides is 1. The average Bonchev–Trinajstić information content (AvgIpc) is 2.49. The number of carbonyl (C=O) groups is 1. The first-order chi connectivity index (χ1) is 10.5. The summed E-state index contributed by atoms with van der Waals surface area (Å²) >= 11 is 10.6. The summed E-state index contributed by atoms with van der Waals surface area (Å²) in [6.45, 7) is 0. The number of thiocarbonyl (C=S) groups is 1. The highest BCUT2D eigenvalue weighted by atomic mass is 35.5. The molecule has 0 unspecified atom stereocenters. The highest BCUT2D eigenvalue weighted by molar-refractivity contribution is 7.80. The fraction of sp³-hybridized carbons (Fsp3) is 0. The molecule has 0 aliphatic rings.